The number of fused-ring (bicyclic) bond motifs is 1. The zero-order valence-electron chi connectivity index (χ0n) is 15.7. The first-order chi connectivity index (χ1) is 13.8. The van der Waals surface area contributed by atoms with E-state index in [9.17, 15) is 23.5 Å². The van der Waals surface area contributed by atoms with E-state index in [1.807, 2.05) is 6.92 Å². The summed E-state index contributed by atoms with van der Waals surface area (Å²) in [5.74, 6) is -3.14. The maximum Gasteiger partial charge on any atom is 0.326 e. The van der Waals surface area contributed by atoms with Crippen molar-refractivity contribution in [1.29, 1.82) is 0 Å². The first-order valence-corrected chi connectivity index (χ1v) is 9.71. The zero-order chi connectivity index (χ0) is 21.1. The summed E-state index contributed by atoms with van der Waals surface area (Å²) in [6.45, 7) is 4.01. The second kappa shape index (κ2) is 8.52. The number of rotatable bonds is 6. The molecule has 0 fully saturated rings. The number of thiazole rings is 1. The first kappa shape index (κ1) is 20.7. The standard InChI is InChI=1S/C20H18F2N2O4S/c1-3-15(19(26)27)24-16-6-5-14(28-4-2)10-17(16)29-20(24)23-18(25)11-7-12(21)9-13(22)8-11/h5-10,15H,3-4H2,1-2H3,(H,26,27)/b23-20-. The number of carboxylic acids is 1. The molecule has 1 N–H and O–H groups in total. The van der Waals surface area contributed by atoms with Crippen molar-refractivity contribution in [2.24, 2.45) is 4.99 Å². The molecular weight excluding hydrogens is 402 g/mol. The molecule has 3 aromatic rings. The summed E-state index contributed by atoms with van der Waals surface area (Å²) in [7, 11) is 0. The monoisotopic (exact) mass is 420 g/mol. The van der Waals surface area contributed by atoms with E-state index in [2.05, 4.69) is 4.99 Å². The number of hydrogen-bond donors (Lipinski definition) is 1. The van der Waals surface area contributed by atoms with Gasteiger partial charge in [-0.15, -0.1) is 0 Å². The van der Waals surface area contributed by atoms with E-state index in [0.717, 1.165) is 23.5 Å². The van der Waals surface area contributed by atoms with Crippen LogP contribution in [0.5, 0.6) is 5.75 Å². The van der Waals surface area contributed by atoms with Crippen molar-refractivity contribution >= 4 is 33.4 Å². The fourth-order valence-corrected chi connectivity index (χ4v) is 4.05. The van der Waals surface area contributed by atoms with Crippen LogP contribution in [0.25, 0.3) is 10.2 Å². The van der Waals surface area contributed by atoms with Crippen LogP contribution in [0.2, 0.25) is 0 Å². The third-order valence-corrected chi connectivity index (χ3v) is 5.22. The van der Waals surface area contributed by atoms with Crippen LogP contribution in [0.15, 0.2) is 41.4 Å². The Labute approximate surface area is 168 Å². The number of carboxylic acid groups (broad SMARTS) is 1. The fraction of sp³-hybridized carbons (Fsp3) is 0.250. The molecule has 1 aromatic heterocycles. The van der Waals surface area contributed by atoms with Crippen LogP contribution in [0.1, 0.15) is 36.7 Å². The molecule has 6 nitrogen and oxygen atoms in total. The Morgan fingerprint density at radius 2 is 1.86 bits per heavy atom. The van der Waals surface area contributed by atoms with Crippen LogP contribution >= 0.6 is 11.3 Å². The molecule has 0 bridgehead atoms. The second-order valence-corrected chi connectivity index (χ2v) is 7.16. The van der Waals surface area contributed by atoms with E-state index in [4.69, 9.17) is 4.74 Å². The summed E-state index contributed by atoms with van der Waals surface area (Å²) in [6, 6.07) is 6.61. The summed E-state index contributed by atoms with van der Waals surface area (Å²) in [4.78, 5) is 28.4. The van der Waals surface area contributed by atoms with Gasteiger partial charge in [-0.2, -0.15) is 4.99 Å². The van der Waals surface area contributed by atoms with Crippen LogP contribution in [0, 0.1) is 11.6 Å². The minimum atomic E-state index is -1.08. The molecule has 0 saturated carbocycles. The lowest BCUT2D eigenvalue weighted by atomic mass is 10.2. The number of halogens is 2. The van der Waals surface area contributed by atoms with Crippen molar-refractivity contribution < 1.29 is 28.2 Å². The highest BCUT2D eigenvalue weighted by Crippen LogP contribution is 2.27. The van der Waals surface area contributed by atoms with E-state index in [1.165, 1.54) is 4.57 Å². The van der Waals surface area contributed by atoms with E-state index in [0.29, 0.717) is 28.6 Å². The lowest BCUT2D eigenvalue weighted by Crippen LogP contribution is -2.27. The van der Waals surface area contributed by atoms with Crippen LogP contribution in [0.3, 0.4) is 0 Å². The second-order valence-electron chi connectivity index (χ2n) is 6.15. The molecule has 3 rings (SSSR count). The number of ether oxygens (including phenoxy) is 1. The smallest absolute Gasteiger partial charge is 0.326 e. The molecule has 1 unspecified atom stereocenters. The minimum Gasteiger partial charge on any atom is -0.494 e. The van der Waals surface area contributed by atoms with Gasteiger partial charge in [0.05, 0.1) is 16.8 Å². The van der Waals surface area contributed by atoms with E-state index < -0.39 is 29.6 Å². The largest absolute Gasteiger partial charge is 0.494 e. The molecule has 0 spiro atoms. The maximum atomic E-state index is 13.5. The van der Waals surface area contributed by atoms with Gasteiger partial charge in [-0.3, -0.25) is 4.79 Å². The number of hydrogen-bond acceptors (Lipinski definition) is 4. The molecule has 0 radical (unpaired) electrons. The highest BCUT2D eigenvalue weighted by atomic mass is 32.1. The molecule has 1 amide bonds. The van der Waals surface area contributed by atoms with Gasteiger partial charge in [0.1, 0.15) is 23.4 Å². The highest BCUT2D eigenvalue weighted by molar-refractivity contribution is 7.16. The maximum absolute atomic E-state index is 13.5. The number of benzene rings is 2. The minimum absolute atomic E-state index is 0.123. The lowest BCUT2D eigenvalue weighted by Gasteiger charge is -2.13. The van der Waals surface area contributed by atoms with Crippen molar-refractivity contribution in [3.63, 3.8) is 0 Å². The first-order valence-electron chi connectivity index (χ1n) is 8.89. The van der Waals surface area contributed by atoms with Crippen molar-refractivity contribution in [2.75, 3.05) is 6.61 Å². The van der Waals surface area contributed by atoms with E-state index in [1.54, 1.807) is 25.1 Å². The van der Waals surface area contributed by atoms with Gasteiger partial charge in [-0.25, -0.2) is 13.6 Å². The normalized spacial score (nSPS) is 12.9. The molecule has 0 saturated heterocycles. The Bertz CT molecular complexity index is 1130. The molecule has 29 heavy (non-hydrogen) atoms. The number of carbonyl (C=O) groups excluding carboxylic acids is 1. The average Bonchev–Trinajstić information content (AvgIpc) is 2.98. The Kier molecular flexibility index (Phi) is 6.07. The quantitative estimate of drug-likeness (QED) is 0.649. The molecule has 1 atom stereocenters. The molecule has 2 aromatic carbocycles. The number of nitrogens with zero attached hydrogens (tertiary/aromatic N) is 2. The van der Waals surface area contributed by atoms with Gasteiger partial charge in [0.25, 0.3) is 5.91 Å². The molecule has 152 valence electrons. The van der Waals surface area contributed by atoms with Crippen molar-refractivity contribution in [3.05, 3.63) is 58.4 Å². The Hall–Kier alpha value is -3.07. The van der Waals surface area contributed by atoms with E-state index in [-0.39, 0.29) is 16.8 Å². The van der Waals surface area contributed by atoms with Gasteiger partial charge >= 0.3 is 5.97 Å². The molecule has 9 heteroatoms. The molecule has 0 aliphatic heterocycles. The van der Waals surface area contributed by atoms with Gasteiger partial charge in [-0.05, 0) is 43.7 Å². The van der Waals surface area contributed by atoms with Crippen LogP contribution in [-0.2, 0) is 4.79 Å². The summed E-state index contributed by atoms with van der Waals surface area (Å²) < 4.78 is 34.5. The number of aliphatic carboxylic acids is 1. The average molecular weight is 420 g/mol. The number of amides is 1. The van der Waals surface area contributed by atoms with Gasteiger partial charge in [-0.1, -0.05) is 18.3 Å². The molecule has 0 aliphatic carbocycles. The topological polar surface area (TPSA) is 80.9 Å². The summed E-state index contributed by atoms with van der Waals surface area (Å²) in [5, 5.41) is 9.63. The molecule has 0 aliphatic rings. The van der Waals surface area contributed by atoms with E-state index >= 15 is 0 Å². The molecule has 1 heterocycles. The Morgan fingerprint density at radius 1 is 1.17 bits per heavy atom. The third-order valence-electron chi connectivity index (χ3n) is 4.20. The summed E-state index contributed by atoms with van der Waals surface area (Å²) >= 11 is 1.10. The molecular formula is C20H18F2N2O4S. The number of carbonyl (C=O) groups is 2. The highest BCUT2D eigenvalue weighted by Gasteiger charge is 2.22. The predicted molar refractivity (Wildman–Crippen MR) is 104 cm³/mol. The van der Waals surface area contributed by atoms with Gasteiger partial charge in [0.2, 0.25) is 0 Å². The van der Waals surface area contributed by atoms with Gasteiger partial charge in [0, 0.05) is 11.6 Å². The summed E-state index contributed by atoms with van der Waals surface area (Å²) in [6.07, 6.45) is 0.254. The van der Waals surface area contributed by atoms with Crippen LogP contribution in [0.4, 0.5) is 8.78 Å². The third kappa shape index (κ3) is 4.34. The Morgan fingerprint density at radius 3 is 2.45 bits per heavy atom. The fourth-order valence-electron chi connectivity index (χ4n) is 2.96. The van der Waals surface area contributed by atoms with Crippen LogP contribution < -0.4 is 9.54 Å². The van der Waals surface area contributed by atoms with Crippen molar-refractivity contribution in [3.8, 4) is 5.75 Å². The van der Waals surface area contributed by atoms with Gasteiger partial charge in [0.15, 0.2) is 4.80 Å². The lowest BCUT2D eigenvalue weighted by molar-refractivity contribution is -0.140. The Balaban J connectivity index is 2.22. The van der Waals surface area contributed by atoms with Crippen LogP contribution in [-0.4, -0.2) is 28.2 Å². The summed E-state index contributed by atoms with van der Waals surface area (Å²) in [5.41, 5.74) is 0.314. The van der Waals surface area contributed by atoms with Crippen molar-refractivity contribution in [2.45, 2.75) is 26.3 Å². The van der Waals surface area contributed by atoms with Gasteiger partial charge < -0.3 is 14.4 Å². The predicted octanol–water partition coefficient (Wildman–Crippen LogP) is 4.16. The van der Waals surface area contributed by atoms with Crippen molar-refractivity contribution in [1.82, 2.24) is 4.57 Å². The SMILES string of the molecule is CCOc1ccc2c(c1)s/c(=N\C(=O)c1cc(F)cc(F)c1)n2C(CC)C(=O)O. The number of aromatic nitrogens is 1. The zero-order valence-corrected chi connectivity index (χ0v) is 16.5.